The molecule has 4 nitrogen and oxygen atoms in total. The van der Waals surface area contributed by atoms with E-state index in [0.717, 1.165) is 22.3 Å². The normalized spacial score (nSPS) is 10.2. The van der Waals surface area contributed by atoms with Crippen LogP contribution in [0.4, 0.5) is 0 Å². The van der Waals surface area contributed by atoms with Crippen molar-refractivity contribution in [2.45, 2.75) is 6.42 Å². The minimum atomic E-state index is 0.0342. The molecule has 1 aromatic carbocycles. The van der Waals surface area contributed by atoms with Gasteiger partial charge in [-0.1, -0.05) is 6.07 Å². The number of nitrogen functional groups attached to an aromatic ring is 1. The van der Waals surface area contributed by atoms with Crippen molar-refractivity contribution in [3.63, 3.8) is 0 Å². The van der Waals surface area contributed by atoms with E-state index in [1.807, 2.05) is 24.3 Å². The van der Waals surface area contributed by atoms with Crippen LogP contribution in [0.25, 0.3) is 0 Å². The largest absolute Gasteiger partial charge is 0.493 e. The van der Waals surface area contributed by atoms with Crippen LogP contribution in [0, 0.1) is 5.41 Å². The zero-order valence-corrected chi connectivity index (χ0v) is 11.9. The number of halogens is 1. The van der Waals surface area contributed by atoms with Crippen molar-refractivity contribution in [1.29, 1.82) is 5.41 Å². The van der Waals surface area contributed by atoms with Gasteiger partial charge in [-0.2, -0.15) is 0 Å². The Bertz CT molecular complexity index is 572. The number of amidine groups is 1. The molecule has 98 valence electrons. The summed E-state index contributed by atoms with van der Waals surface area (Å²) < 4.78 is 6.40. The number of benzene rings is 1. The van der Waals surface area contributed by atoms with E-state index in [1.54, 1.807) is 18.3 Å². The minimum Gasteiger partial charge on any atom is -0.493 e. The van der Waals surface area contributed by atoms with Gasteiger partial charge in [0.15, 0.2) is 0 Å². The van der Waals surface area contributed by atoms with Gasteiger partial charge >= 0.3 is 0 Å². The molecule has 19 heavy (non-hydrogen) atoms. The van der Waals surface area contributed by atoms with Crippen molar-refractivity contribution in [3.05, 3.63) is 58.3 Å². The second-order valence-corrected chi connectivity index (χ2v) is 4.83. The van der Waals surface area contributed by atoms with Crippen LogP contribution in [0.5, 0.6) is 5.75 Å². The van der Waals surface area contributed by atoms with Crippen molar-refractivity contribution in [2.75, 3.05) is 6.61 Å². The fraction of sp³-hybridized carbons (Fsp3) is 0.143. The lowest BCUT2D eigenvalue weighted by Gasteiger charge is -2.08. The summed E-state index contributed by atoms with van der Waals surface area (Å²) in [7, 11) is 0. The van der Waals surface area contributed by atoms with E-state index in [9.17, 15) is 0 Å². The first-order valence-corrected chi connectivity index (χ1v) is 6.63. The second-order valence-electron chi connectivity index (χ2n) is 3.97. The minimum absolute atomic E-state index is 0.0342. The molecule has 0 aliphatic rings. The van der Waals surface area contributed by atoms with Gasteiger partial charge in [-0.05, 0) is 46.3 Å². The van der Waals surface area contributed by atoms with Crippen LogP contribution in [0.2, 0.25) is 0 Å². The third-order valence-corrected chi connectivity index (χ3v) is 3.24. The first-order valence-electron chi connectivity index (χ1n) is 5.83. The zero-order chi connectivity index (χ0) is 13.7. The van der Waals surface area contributed by atoms with E-state index in [2.05, 4.69) is 20.9 Å². The van der Waals surface area contributed by atoms with E-state index in [4.69, 9.17) is 15.9 Å². The molecule has 0 aliphatic heterocycles. The summed E-state index contributed by atoms with van der Waals surface area (Å²) >= 11 is 3.37. The van der Waals surface area contributed by atoms with Gasteiger partial charge in [0.1, 0.15) is 11.6 Å². The maximum Gasteiger partial charge on any atom is 0.123 e. The highest BCUT2D eigenvalue weighted by molar-refractivity contribution is 9.10. The highest BCUT2D eigenvalue weighted by atomic mass is 79.9. The van der Waals surface area contributed by atoms with Crippen molar-refractivity contribution in [2.24, 2.45) is 5.73 Å². The lowest BCUT2D eigenvalue weighted by atomic mass is 10.2. The van der Waals surface area contributed by atoms with E-state index < -0.39 is 0 Å². The van der Waals surface area contributed by atoms with Gasteiger partial charge in [-0.3, -0.25) is 10.4 Å². The topological polar surface area (TPSA) is 72.0 Å². The van der Waals surface area contributed by atoms with Gasteiger partial charge in [-0.15, -0.1) is 0 Å². The standard InChI is InChI=1S/C14H14BrN3O/c15-13-9-11(4-5-12(13)14(16)17)19-8-6-10-3-1-2-7-18-10/h1-5,7,9H,6,8H2,(H3,16,17). The third-order valence-electron chi connectivity index (χ3n) is 2.58. The Kier molecular flexibility index (Phi) is 4.52. The van der Waals surface area contributed by atoms with Crippen molar-refractivity contribution < 1.29 is 4.74 Å². The molecule has 0 saturated heterocycles. The molecule has 0 spiro atoms. The monoisotopic (exact) mass is 319 g/mol. The van der Waals surface area contributed by atoms with Gasteiger partial charge in [-0.25, -0.2) is 0 Å². The number of hydrogen-bond acceptors (Lipinski definition) is 3. The second kappa shape index (κ2) is 6.33. The highest BCUT2D eigenvalue weighted by Gasteiger charge is 2.04. The van der Waals surface area contributed by atoms with Crippen molar-refractivity contribution in [1.82, 2.24) is 4.98 Å². The number of nitrogens with zero attached hydrogens (tertiary/aromatic N) is 1. The summed E-state index contributed by atoms with van der Waals surface area (Å²) in [5.74, 6) is 0.778. The number of aromatic nitrogens is 1. The number of nitrogens with one attached hydrogen (secondary N) is 1. The summed E-state index contributed by atoms with van der Waals surface area (Å²) in [6.45, 7) is 0.558. The number of pyridine rings is 1. The fourth-order valence-electron chi connectivity index (χ4n) is 1.62. The molecule has 1 aromatic heterocycles. The van der Waals surface area contributed by atoms with Gasteiger partial charge in [0.2, 0.25) is 0 Å². The van der Waals surface area contributed by atoms with Crippen LogP contribution in [0.15, 0.2) is 47.1 Å². The third kappa shape index (κ3) is 3.79. The van der Waals surface area contributed by atoms with E-state index in [-0.39, 0.29) is 5.84 Å². The van der Waals surface area contributed by atoms with Gasteiger partial charge in [0, 0.05) is 28.3 Å². The van der Waals surface area contributed by atoms with Crippen molar-refractivity contribution in [3.8, 4) is 5.75 Å². The molecule has 5 heteroatoms. The predicted molar refractivity (Wildman–Crippen MR) is 78.6 cm³/mol. The van der Waals surface area contributed by atoms with Crippen LogP contribution in [-0.2, 0) is 6.42 Å². The van der Waals surface area contributed by atoms with Crippen LogP contribution in [0.1, 0.15) is 11.3 Å². The molecule has 0 atom stereocenters. The Morgan fingerprint density at radius 2 is 2.16 bits per heavy atom. The van der Waals surface area contributed by atoms with Crippen LogP contribution >= 0.6 is 15.9 Å². The lowest BCUT2D eigenvalue weighted by Crippen LogP contribution is -2.11. The number of nitrogens with two attached hydrogens (primary N) is 1. The van der Waals surface area contributed by atoms with E-state index in [0.29, 0.717) is 12.2 Å². The molecular formula is C14H14BrN3O. The molecule has 2 rings (SSSR count). The van der Waals surface area contributed by atoms with Gasteiger partial charge in [0.05, 0.1) is 6.61 Å². The Hall–Kier alpha value is -1.88. The number of rotatable bonds is 5. The Morgan fingerprint density at radius 1 is 1.32 bits per heavy atom. The van der Waals surface area contributed by atoms with Crippen LogP contribution < -0.4 is 10.5 Å². The predicted octanol–water partition coefficient (Wildman–Crippen LogP) is 2.75. The summed E-state index contributed by atoms with van der Waals surface area (Å²) in [6, 6.07) is 11.2. The molecule has 3 N–H and O–H groups in total. The quantitative estimate of drug-likeness (QED) is 0.657. The Labute approximate surface area is 120 Å². The Balaban J connectivity index is 1.93. The van der Waals surface area contributed by atoms with Crippen LogP contribution in [-0.4, -0.2) is 17.4 Å². The van der Waals surface area contributed by atoms with Crippen LogP contribution in [0.3, 0.4) is 0 Å². The van der Waals surface area contributed by atoms with E-state index >= 15 is 0 Å². The SMILES string of the molecule is N=C(N)c1ccc(OCCc2ccccn2)cc1Br. The molecule has 1 heterocycles. The number of ether oxygens (including phenoxy) is 1. The molecule has 0 fully saturated rings. The van der Waals surface area contributed by atoms with E-state index in [1.165, 1.54) is 0 Å². The molecule has 0 aliphatic carbocycles. The molecule has 0 unspecified atom stereocenters. The highest BCUT2D eigenvalue weighted by Crippen LogP contribution is 2.22. The molecule has 0 saturated carbocycles. The molecule has 0 radical (unpaired) electrons. The Morgan fingerprint density at radius 3 is 2.79 bits per heavy atom. The van der Waals surface area contributed by atoms with Gasteiger partial charge < -0.3 is 10.5 Å². The zero-order valence-electron chi connectivity index (χ0n) is 10.3. The maximum atomic E-state index is 7.40. The number of hydrogen-bond donors (Lipinski definition) is 2. The average molecular weight is 320 g/mol. The maximum absolute atomic E-state index is 7.40. The summed E-state index contributed by atoms with van der Waals surface area (Å²) in [6.07, 6.45) is 2.53. The smallest absolute Gasteiger partial charge is 0.123 e. The van der Waals surface area contributed by atoms with Crippen molar-refractivity contribution >= 4 is 21.8 Å². The fourth-order valence-corrected chi connectivity index (χ4v) is 2.19. The molecule has 0 amide bonds. The molecular weight excluding hydrogens is 306 g/mol. The lowest BCUT2D eigenvalue weighted by molar-refractivity contribution is 0.320. The molecule has 0 bridgehead atoms. The first-order chi connectivity index (χ1) is 9.16. The summed E-state index contributed by atoms with van der Waals surface area (Å²) in [5, 5.41) is 7.40. The summed E-state index contributed by atoms with van der Waals surface area (Å²) in [5.41, 5.74) is 7.11. The molecule has 2 aromatic rings. The summed E-state index contributed by atoms with van der Waals surface area (Å²) in [4.78, 5) is 4.23. The first kappa shape index (κ1) is 13.5. The average Bonchev–Trinajstić information content (AvgIpc) is 2.39. The van der Waals surface area contributed by atoms with Gasteiger partial charge in [0.25, 0.3) is 0 Å².